The van der Waals surface area contributed by atoms with Crippen molar-refractivity contribution in [2.45, 2.75) is 37.4 Å². The molecule has 0 heterocycles. The third kappa shape index (κ3) is 7.52. The zero-order valence-electron chi connectivity index (χ0n) is 8.85. The lowest BCUT2D eigenvalue weighted by Gasteiger charge is -2.26. The summed E-state index contributed by atoms with van der Waals surface area (Å²) < 4.78 is 157. The van der Waals surface area contributed by atoms with Gasteiger partial charge < -0.3 is 0 Å². The van der Waals surface area contributed by atoms with Gasteiger partial charge in [0.1, 0.15) is 0 Å². The number of hydrogen-bond acceptors (Lipinski definition) is 1. The Kier molecular flexibility index (Phi) is 7.24. The summed E-state index contributed by atoms with van der Waals surface area (Å²) in [5.74, 6) is 0. The van der Waals surface area contributed by atoms with Crippen molar-refractivity contribution >= 4 is 0 Å². The molecule has 0 spiro atoms. The maximum absolute atomic E-state index is 11.6. The first kappa shape index (κ1) is 22.3. The van der Waals surface area contributed by atoms with Gasteiger partial charge in [0.25, 0.3) is 12.9 Å². The van der Waals surface area contributed by atoms with Gasteiger partial charge in [-0.15, -0.1) is 0 Å². The second kappa shape index (κ2) is 6.83. The molecule has 0 aromatic heterocycles. The van der Waals surface area contributed by atoms with E-state index in [-0.39, 0.29) is 0 Å². The van der Waals surface area contributed by atoms with Crippen LogP contribution in [-0.2, 0) is 4.74 Å². The van der Waals surface area contributed by atoms with Gasteiger partial charge in [-0.3, -0.25) is 0 Å². The molecule has 0 amide bonds. The molecule has 0 aromatic rings. The fourth-order valence-corrected chi connectivity index (χ4v) is 0.277. The maximum atomic E-state index is 11.6. The molecule has 0 bridgehead atoms. The molecule has 0 fully saturated rings. The minimum Gasteiger partial charge on any atom is -0.240 e. The molecule has 0 saturated heterocycles. The van der Waals surface area contributed by atoms with Gasteiger partial charge in [0.15, 0.2) is 0 Å². The highest BCUT2D eigenvalue weighted by atomic mass is 19.4. The summed E-state index contributed by atoms with van der Waals surface area (Å²) in [5, 5.41) is 0. The second-order valence-corrected chi connectivity index (χ2v) is 2.80. The predicted octanol–water partition coefficient (Wildman–Crippen LogP) is 4.83. The Hall–Kier alpha value is -1.02. The Morgan fingerprint density at radius 3 is 0.762 bits per heavy atom. The van der Waals surface area contributed by atoms with Gasteiger partial charge in [0.2, 0.25) is 0 Å². The third-order valence-electron chi connectivity index (χ3n) is 1.11. The summed E-state index contributed by atoms with van der Waals surface area (Å²) >= 11 is 0. The normalized spacial score (nSPS) is 14.3. The molecule has 1 nitrogen and oxygen atoms in total. The van der Waals surface area contributed by atoms with E-state index >= 15 is 0 Å². The van der Waals surface area contributed by atoms with Gasteiger partial charge in [0.05, 0.1) is 0 Å². The summed E-state index contributed by atoms with van der Waals surface area (Å²) in [6.45, 7) is 0. The molecule has 0 N–H and O–H groups in total. The Bertz CT molecular complexity index is 270. The van der Waals surface area contributed by atoms with Crippen molar-refractivity contribution in [1.82, 2.24) is 0 Å². The predicted molar refractivity (Wildman–Crippen MR) is 35.1 cm³/mol. The monoisotopic (exact) mass is 356 g/mol. The standard InChI is InChI=1S/C4F10O.C2H2F4/c5-1(6,7)3(11,12)15-4(13,14)2(8,9)10;3-1(4)2(5)6/h;1-2H. The largest absolute Gasteiger partial charge is 0.483 e. The molecule has 21 heavy (non-hydrogen) atoms. The Morgan fingerprint density at radius 2 is 0.667 bits per heavy atom. The highest BCUT2D eigenvalue weighted by Crippen LogP contribution is 2.45. The first-order chi connectivity index (χ1) is 8.85. The first-order valence-corrected chi connectivity index (χ1v) is 4.00. The molecule has 0 aliphatic rings. The van der Waals surface area contributed by atoms with Crippen molar-refractivity contribution in [3.63, 3.8) is 0 Å². The number of alkyl halides is 14. The van der Waals surface area contributed by atoms with Crippen LogP contribution in [0.5, 0.6) is 0 Å². The Morgan fingerprint density at radius 1 is 0.476 bits per heavy atom. The smallest absolute Gasteiger partial charge is 0.240 e. The highest BCUT2D eigenvalue weighted by Gasteiger charge is 2.70. The zero-order chi connectivity index (χ0) is 17.9. The average molecular weight is 356 g/mol. The maximum Gasteiger partial charge on any atom is 0.483 e. The Labute approximate surface area is 105 Å². The molecule has 0 atom stereocenters. The van der Waals surface area contributed by atoms with Gasteiger partial charge in [-0.25, -0.2) is 22.3 Å². The van der Waals surface area contributed by atoms with Crippen molar-refractivity contribution < 1.29 is 66.2 Å². The average Bonchev–Trinajstić information content (AvgIpc) is 2.12. The lowest BCUT2D eigenvalue weighted by molar-refractivity contribution is -0.501. The molecule has 0 aliphatic heterocycles. The third-order valence-corrected chi connectivity index (χ3v) is 1.11. The van der Waals surface area contributed by atoms with E-state index in [1.54, 1.807) is 0 Å². The fraction of sp³-hybridized carbons (Fsp3) is 1.00. The van der Waals surface area contributed by atoms with Crippen LogP contribution in [0.15, 0.2) is 0 Å². The van der Waals surface area contributed by atoms with Crippen molar-refractivity contribution in [1.29, 1.82) is 0 Å². The van der Waals surface area contributed by atoms with Crippen molar-refractivity contribution in [3.05, 3.63) is 0 Å². The van der Waals surface area contributed by atoms with Gasteiger partial charge in [0, 0.05) is 0 Å². The number of hydrogen-bond donors (Lipinski definition) is 0. The highest BCUT2D eigenvalue weighted by molar-refractivity contribution is 4.72. The van der Waals surface area contributed by atoms with Crippen molar-refractivity contribution in [2.75, 3.05) is 0 Å². The summed E-state index contributed by atoms with van der Waals surface area (Å²) in [5.41, 5.74) is 0. The number of ether oxygens (including phenoxy) is 1. The lowest BCUT2D eigenvalue weighted by Crippen LogP contribution is -2.50. The molecule has 0 aromatic carbocycles. The molecule has 0 aliphatic carbocycles. The molecule has 130 valence electrons. The van der Waals surface area contributed by atoms with E-state index in [0.29, 0.717) is 0 Å². The fourth-order valence-electron chi connectivity index (χ4n) is 0.277. The van der Waals surface area contributed by atoms with Crippen molar-refractivity contribution in [3.8, 4) is 0 Å². The minimum atomic E-state index is -6.66. The molecule has 15 heteroatoms. The SMILES string of the molecule is FC(F)(F)C(F)(F)OC(F)(F)C(F)(F)F.FC(F)C(F)F. The van der Waals surface area contributed by atoms with Gasteiger partial charge in [-0.05, 0) is 0 Å². The zero-order valence-corrected chi connectivity index (χ0v) is 8.85. The molecule has 0 unspecified atom stereocenters. The van der Waals surface area contributed by atoms with Crippen LogP contribution in [0.4, 0.5) is 61.5 Å². The summed E-state index contributed by atoms with van der Waals surface area (Å²) in [6, 6.07) is 0. The summed E-state index contributed by atoms with van der Waals surface area (Å²) in [6.07, 6.45) is -33.5. The van der Waals surface area contributed by atoms with Crippen LogP contribution < -0.4 is 0 Å². The van der Waals surface area contributed by atoms with Crippen LogP contribution in [-0.4, -0.2) is 37.4 Å². The van der Waals surface area contributed by atoms with E-state index in [0.717, 1.165) is 0 Å². The van der Waals surface area contributed by atoms with Crippen LogP contribution in [0.1, 0.15) is 0 Å². The molecule has 0 saturated carbocycles. The van der Waals surface area contributed by atoms with Crippen LogP contribution in [0.25, 0.3) is 0 Å². The van der Waals surface area contributed by atoms with E-state index in [9.17, 15) is 61.5 Å². The van der Waals surface area contributed by atoms with Crippen LogP contribution >= 0.6 is 0 Å². The number of rotatable bonds is 3. The summed E-state index contributed by atoms with van der Waals surface area (Å²) in [7, 11) is 0. The van der Waals surface area contributed by atoms with Gasteiger partial charge in [-0.1, -0.05) is 0 Å². The lowest BCUT2D eigenvalue weighted by atomic mass is 10.5. The molecular weight excluding hydrogens is 354 g/mol. The van der Waals surface area contributed by atoms with Crippen LogP contribution in [0.2, 0.25) is 0 Å². The van der Waals surface area contributed by atoms with Crippen LogP contribution in [0, 0.1) is 0 Å². The van der Waals surface area contributed by atoms with E-state index in [1.165, 1.54) is 4.74 Å². The molecule has 0 radical (unpaired) electrons. The topological polar surface area (TPSA) is 9.23 Å². The van der Waals surface area contributed by atoms with E-state index in [4.69, 9.17) is 0 Å². The van der Waals surface area contributed by atoms with E-state index < -0.39 is 37.4 Å². The summed E-state index contributed by atoms with van der Waals surface area (Å²) in [4.78, 5) is 0. The second-order valence-electron chi connectivity index (χ2n) is 2.80. The number of halogens is 14. The minimum absolute atomic E-state index is 1.44. The van der Waals surface area contributed by atoms with Crippen LogP contribution in [0.3, 0.4) is 0 Å². The quantitative estimate of drug-likeness (QED) is 0.659. The van der Waals surface area contributed by atoms with Gasteiger partial charge >= 0.3 is 24.6 Å². The Balaban J connectivity index is 0. The first-order valence-electron chi connectivity index (χ1n) is 4.00. The van der Waals surface area contributed by atoms with Gasteiger partial charge in [-0.2, -0.15) is 43.9 Å². The van der Waals surface area contributed by atoms with E-state index in [1.807, 2.05) is 0 Å². The van der Waals surface area contributed by atoms with Crippen molar-refractivity contribution in [2.24, 2.45) is 0 Å². The molecular formula is C6H2F14O. The molecule has 0 rings (SSSR count). The van der Waals surface area contributed by atoms with E-state index in [2.05, 4.69) is 0 Å².